The zero-order chi connectivity index (χ0) is 15.3. The summed E-state index contributed by atoms with van der Waals surface area (Å²) in [4.78, 5) is 33.7. The number of rotatable bonds is 5. The highest BCUT2D eigenvalue weighted by molar-refractivity contribution is 5.85. The van der Waals surface area contributed by atoms with Crippen molar-refractivity contribution < 1.29 is 19.5 Å². The lowest BCUT2D eigenvalue weighted by molar-refractivity contribution is -0.143. The summed E-state index contributed by atoms with van der Waals surface area (Å²) in [5.74, 6) is -1.31. The number of amides is 3. The molecule has 0 heterocycles. The second-order valence-electron chi connectivity index (χ2n) is 5.86. The number of nitrogens with one attached hydrogen (secondary N) is 3. The second kappa shape index (κ2) is 6.40. The molecule has 0 atom stereocenters. The number of carbonyl (C=O) groups is 3. The summed E-state index contributed by atoms with van der Waals surface area (Å²) in [6, 6.07) is -0.615. The Morgan fingerprint density at radius 1 is 1.00 bits per heavy atom. The monoisotopic (exact) mass is 273 g/mol. The maximum absolute atomic E-state index is 11.5. The zero-order valence-corrected chi connectivity index (χ0v) is 12.1. The fourth-order valence-corrected chi connectivity index (χ4v) is 1.15. The van der Waals surface area contributed by atoms with E-state index in [1.807, 2.05) is 20.8 Å². The van der Waals surface area contributed by atoms with E-state index in [1.54, 1.807) is 0 Å². The fraction of sp³-hybridized carbons (Fsp3) is 0.750. The molecule has 0 aromatic rings. The lowest BCUT2D eigenvalue weighted by Crippen LogP contribution is -2.53. The lowest BCUT2D eigenvalue weighted by Gasteiger charge is -2.22. The van der Waals surface area contributed by atoms with Gasteiger partial charge in [-0.25, -0.2) is 9.59 Å². The molecule has 0 radical (unpaired) electrons. The zero-order valence-electron chi connectivity index (χ0n) is 12.1. The summed E-state index contributed by atoms with van der Waals surface area (Å²) >= 11 is 0. The van der Waals surface area contributed by atoms with Crippen LogP contribution in [0, 0.1) is 0 Å². The van der Waals surface area contributed by atoms with Gasteiger partial charge >= 0.3 is 12.0 Å². The Bertz CT molecular complexity index is 358. The van der Waals surface area contributed by atoms with E-state index in [2.05, 4.69) is 16.0 Å². The lowest BCUT2D eigenvalue weighted by atomic mass is 10.1. The molecule has 0 aliphatic carbocycles. The Balaban J connectivity index is 4.00. The van der Waals surface area contributed by atoms with Crippen LogP contribution in [0.5, 0.6) is 0 Å². The number of hydrogen-bond acceptors (Lipinski definition) is 3. The van der Waals surface area contributed by atoms with Crippen molar-refractivity contribution in [1.82, 2.24) is 16.0 Å². The Morgan fingerprint density at radius 3 is 1.95 bits per heavy atom. The molecule has 0 rings (SSSR count). The van der Waals surface area contributed by atoms with Crippen LogP contribution in [0.1, 0.15) is 41.0 Å². The van der Waals surface area contributed by atoms with Crippen molar-refractivity contribution in [2.75, 3.05) is 6.54 Å². The van der Waals surface area contributed by atoms with Crippen LogP contribution in [0.3, 0.4) is 0 Å². The SMILES string of the molecule is CC(C)(C)NC(=O)CCNC(=O)NC(C)(C)C(=O)O. The van der Waals surface area contributed by atoms with E-state index >= 15 is 0 Å². The predicted octanol–water partition coefficient (Wildman–Crippen LogP) is 0.454. The van der Waals surface area contributed by atoms with Crippen molar-refractivity contribution in [2.45, 2.75) is 52.1 Å². The minimum atomic E-state index is -1.35. The number of carboxylic acids is 1. The van der Waals surface area contributed by atoms with Crippen molar-refractivity contribution in [3.8, 4) is 0 Å². The van der Waals surface area contributed by atoms with E-state index in [0.717, 1.165) is 0 Å². The molecule has 7 nitrogen and oxygen atoms in total. The molecule has 0 fully saturated rings. The third-order valence-electron chi connectivity index (χ3n) is 2.11. The topological polar surface area (TPSA) is 108 Å². The standard InChI is InChI=1S/C12H23N3O4/c1-11(2,3)14-8(16)6-7-13-10(19)15-12(4,5)9(17)18/h6-7H2,1-5H3,(H,14,16)(H,17,18)(H2,13,15,19). The van der Waals surface area contributed by atoms with Crippen molar-refractivity contribution in [3.05, 3.63) is 0 Å². The number of aliphatic carboxylic acids is 1. The van der Waals surface area contributed by atoms with E-state index in [1.165, 1.54) is 13.8 Å². The van der Waals surface area contributed by atoms with Gasteiger partial charge in [0.1, 0.15) is 5.54 Å². The summed E-state index contributed by atoms with van der Waals surface area (Å²) in [5.41, 5.74) is -1.66. The molecule has 0 aromatic heterocycles. The Labute approximate surface area is 113 Å². The van der Waals surface area contributed by atoms with Gasteiger partial charge in [0.2, 0.25) is 5.91 Å². The minimum absolute atomic E-state index is 0.137. The fourth-order valence-electron chi connectivity index (χ4n) is 1.15. The van der Waals surface area contributed by atoms with Gasteiger partial charge in [0.05, 0.1) is 0 Å². The first kappa shape index (κ1) is 17.2. The molecule has 19 heavy (non-hydrogen) atoms. The van der Waals surface area contributed by atoms with Crippen LogP contribution in [-0.2, 0) is 9.59 Å². The van der Waals surface area contributed by atoms with Crippen molar-refractivity contribution in [3.63, 3.8) is 0 Å². The molecule has 0 bridgehead atoms. The first-order valence-corrected chi connectivity index (χ1v) is 6.04. The molecule has 0 saturated heterocycles. The van der Waals surface area contributed by atoms with E-state index in [9.17, 15) is 14.4 Å². The van der Waals surface area contributed by atoms with E-state index < -0.39 is 17.5 Å². The highest BCUT2D eigenvalue weighted by atomic mass is 16.4. The summed E-state index contributed by atoms with van der Waals surface area (Å²) in [5, 5.41) is 16.3. The van der Waals surface area contributed by atoms with Gasteiger partial charge in [-0.1, -0.05) is 0 Å². The second-order valence-corrected chi connectivity index (χ2v) is 5.86. The molecule has 0 aromatic carbocycles. The Morgan fingerprint density at radius 2 is 1.53 bits per heavy atom. The van der Waals surface area contributed by atoms with Crippen LogP contribution in [0.15, 0.2) is 0 Å². The third-order valence-corrected chi connectivity index (χ3v) is 2.11. The van der Waals surface area contributed by atoms with E-state index in [-0.39, 0.29) is 24.4 Å². The van der Waals surface area contributed by atoms with Crippen LogP contribution in [0.2, 0.25) is 0 Å². The highest BCUT2D eigenvalue weighted by Gasteiger charge is 2.28. The Hall–Kier alpha value is -1.79. The number of carbonyl (C=O) groups excluding carboxylic acids is 2. The highest BCUT2D eigenvalue weighted by Crippen LogP contribution is 2.01. The molecule has 4 N–H and O–H groups in total. The minimum Gasteiger partial charge on any atom is -0.480 e. The van der Waals surface area contributed by atoms with Crippen LogP contribution in [0.25, 0.3) is 0 Å². The normalized spacial score (nSPS) is 11.6. The third kappa shape index (κ3) is 8.01. The predicted molar refractivity (Wildman–Crippen MR) is 70.8 cm³/mol. The van der Waals surface area contributed by atoms with Gasteiger partial charge in [0, 0.05) is 18.5 Å². The molecule has 110 valence electrons. The molecule has 0 unspecified atom stereocenters. The molecule has 0 spiro atoms. The maximum atomic E-state index is 11.5. The van der Waals surface area contributed by atoms with Gasteiger partial charge in [0.25, 0.3) is 0 Å². The Kier molecular flexibility index (Phi) is 5.80. The molecule has 0 aliphatic rings. The molecule has 0 saturated carbocycles. The average Bonchev–Trinajstić information content (AvgIpc) is 2.12. The first-order chi connectivity index (χ1) is 8.44. The number of urea groups is 1. The molecular weight excluding hydrogens is 250 g/mol. The van der Waals surface area contributed by atoms with Crippen LogP contribution in [-0.4, -0.2) is 40.6 Å². The van der Waals surface area contributed by atoms with Gasteiger partial charge < -0.3 is 21.1 Å². The smallest absolute Gasteiger partial charge is 0.328 e. The largest absolute Gasteiger partial charge is 0.480 e. The van der Waals surface area contributed by atoms with Crippen LogP contribution < -0.4 is 16.0 Å². The average molecular weight is 273 g/mol. The summed E-state index contributed by atoms with van der Waals surface area (Å²) in [7, 11) is 0. The first-order valence-electron chi connectivity index (χ1n) is 6.04. The molecular formula is C12H23N3O4. The van der Waals surface area contributed by atoms with Gasteiger partial charge in [-0.2, -0.15) is 0 Å². The molecule has 3 amide bonds. The van der Waals surface area contributed by atoms with E-state index in [4.69, 9.17) is 5.11 Å². The number of carboxylic acid groups (broad SMARTS) is 1. The summed E-state index contributed by atoms with van der Waals surface area (Å²) < 4.78 is 0. The van der Waals surface area contributed by atoms with Gasteiger partial charge in [-0.05, 0) is 34.6 Å². The molecule has 0 aliphatic heterocycles. The van der Waals surface area contributed by atoms with E-state index in [0.29, 0.717) is 0 Å². The quantitative estimate of drug-likeness (QED) is 0.583. The number of hydrogen-bond donors (Lipinski definition) is 4. The van der Waals surface area contributed by atoms with Gasteiger partial charge in [0.15, 0.2) is 0 Å². The van der Waals surface area contributed by atoms with Gasteiger partial charge in [-0.15, -0.1) is 0 Å². The van der Waals surface area contributed by atoms with Crippen LogP contribution >= 0.6 is 0 Å². The maximum Gasteiger partial charge on any atom is 0.328 e. The van der Waals surface area contributed by atoms with Crippen molar-refractivity contribution >= 4 is 17.9 Å². The summed E-state index contributed by atoms with van der Waals surface area (Å²) in [6.45, 7) is 8.48. The molecule has 7 heteroatoms. The van der Waals surface area contributed by atoms with Gasteiger partial charge in [-0.3, -0.25) is 4.79 Å². The summed E-state index contributed by atoms with van der Waals surface area (Å²) in [6.07, 6.45) is 0.137. The van der Waals surface area contributed by atoms with Crippen LogP contribution in [0.4, 0.5) is 4.79 Å². The van der Waals surface area contributed by atoms with Crippen molar-refractivity contribution in [1.29, 1.82) is 0 Å². The van der Waals surface area contributed by atoms with Crippen molar-refractivity contribution in [2.24, 2.45) is 0 Å².